The highest BCUT2D eigenvalue weighted by molar-refractivity contribution is 6.06. The molecule has 4 amide bonds. The highest BCUT2D eigenvalue weighted by Crippen LogP contribution is 2.18. The Balaban J connectivity index is 1.69. The maximum absolute atomic E-state index is 12.0. The molecule has 2 rings (SSSR count). The molecule has 0 bridgehead atoms. The van der Waals surface area contributed by atoms with Gasteiger partial charge in [-0.3, -0.25) is 14.5 Å². The van der Waals surface area contributed by atoms with Crippen molar-refractivity contribution in [3.63, 3.8) is 0 Å². The molecule has 0 atom stereocenters. The van der Waals surface area contributed by atoms with E-state index in [2.05, 4.69) is 10.6 Å². The number of nitrogens with two attached hydrogens (primary N) is 1. The van der Waals surface area contributed by atoms with Gasteiger partial charge in [-0.25, -0.2) is 4.79 Å². The van der Waals surface area contributed by atoms with Crippen LogP contribution in [0.15, 0.2) is 0 Å². The lowest BCUT2D eigenvalue weighted by atomic mass is 9.92. The monoisotopic (exact) mass is 310 g/mol. The quantitative estimate of drug-likeness (QED) is 0.642. The lowest BCUT2D eigenvalue weighted by Crippen LogP contribution is -2.41. The molecule has 0 aromatic carbocycles. The van der Waals surface area contributed by atoms with Gasteiger partial charge in [-0.05, 0) is 46.0 Å². The third-order valence-corrected chi connectivity index (χ3v) is 4.37. The van der Waals surface area contributed by atoms with E-state index in [0.29, 0.717) is 12.8 Å². The maximum atomic E-state index is 12.0. The van der Waals surface area contributed by atoms with E-state index in [9.17, 15) is 14.4 Å². The minimum absolute atomic E-state index is 0.0215. The highest BCUT2D eigenvalue weighted by atomic mass is 16.2. The van der Waals surface area contributed by atoms with Crippen LogP contribution in [-0.4, -0.2) is 46.9 Å². The molecule has 0 aromatic heterocycles. The van der Waals surface area contributed by atoms with Crippen LogP contribution in [0.4, 0.5) is 4.79 Å². The summed E-state index contributed by atoms with van der Waals surface area (Å²) in [5, 5.41) is 5.63. The lowest BCUT2D eigenvalue weighted by Gasteiger charge is -2.26. The molecule has 1 saturated carbocycles. The number of carbonyl (C=O) groups excluding carboxylic acids is 3. The molecular formula is C15H26N4O3. The number of nitrogens with one attached hydrogen (secondary N) is 2. The predicted octanol–water partition coefficient (Wildman–Crippen LogP) is 0.483. The van der Waals surface area contributed by atoms with E-state index in [1.165, 1.54) is 4.90 Å². The van der Waals surface area contributed by atoms with Crippen LogP contribution in [0.3, 0.4) is 0 Å². The average Bonchev–Trinajstić information content (AvgIpc) is 2.63. The van der Waals surface area contributed by atoms with Crippen molar-refractivity contribution < 1.29 is 14.4 Å². The van der Waals surface area contributed by atoms with E-state index in [0.717, 1.165) is 25.7 Å². The van der Waals surface area contributed by atoms with Crippen molar-refractivity contribution in [2.75, 3.05) is 6.54 Å². The van der Waals surface area contributed by atoms with Gasteiger partial charge in [0.2, 0.25) is 5.91 Å². The standard InChI is InChI=1S/C15H26N4O3/c1-15(2)13(21)19(14(22)18-15)9-3-4-12(20)17-11-7-5-10(16)6-8-11/h10-11H,3-9,16H2,1-2H3,(H,17,20)(H,18,22). The molecule has 1 aliphatic carbocycles. The zero-order valence-electron chi connectivity index (χ0n) is 13.4. The Hall–Kier alpha value is -1.63. The van der Waals surface area contributed by atoms with Gasteiger partial charge in [0.1, 0.15) is 5.54 Å². The second kappa shape index (κ2) is 6.64. The fourth-order valence-electron chi connectivity index (χ4n) is 2.98. The molecule has 4 N–H and O–H groups in total. The fourth-order valence-corrected chi connectivity index (χ4v) is 2.98. The van der Waals surface area contributed by atoms with Crippen LogP contribution in [0.25, 0.3) is 0 Å². The van der Waals surface area contributed by atoms with Gasteiger partial charge in [-0.2, -0.15) is 0 Å². The summed E-state index contributed by atoms with van der Waals surface area (Å²) in [6.45, 7) is 3.62. The van der Waals surface area contributed by atoms with E-state index in [-0.39, 0.29) is 36.5 Å². The molecule has 2 fully saturated rings. The van der Waals surface area contributed by atoms with Crippen LogP contribution >= 0.6 is 0 Å². The molecule has 1 aliphatic heterocycles. The zero-order chi connectivity index (χ0) is 16.3. The van der Waals surface area contributed by atoms with E-state index in [1.807, 2.05) is 0 Å². The first kappa shape index (κ1) is 16.7. The van der Waals surface area contributed by atoms with Crippen molar-refractivity contribution in [2.45, 2.75) is 70.0 Å². The molecular weight excluding hydrogens is 284 g/mol. The third-order valence-electron chi connectivity index (χ3n) is 4.37. The second-order valence-corrected chi connectivity index (χ2v) is 6.79. The summed E-state index contributed by atoms with van der Waals surface area (Å²) < 4.78 is 0. The van der Waals surface area contributed by atoms with Gasteiger partial charge < -0.3 is 16.4 Å². The Bertz CT molecular complexity index is 456. The first-order valence-electron chi connectivity index (χ1n) is 7.98. The number of amides is 4. The number of carbonyl (C=O) groups is 3. The molecule has 2 aliphatic rings. The van der Waals surface area contributed by atoms with Crippen molar-refractivity contribution in [1.82, 2.24) is 15.5 Å². The summed E-state index contributed by atoms with van der Waals surface area (Å²) in [5.74, 6) is -0.258. The number of imide groups is 1. The van der Waals surface area contributed by atoms with Gasteiger partial charge in [-0.1, -0.05) is 0 Å². The van der Waals surface area contributed by atoms with E-state index < -0.39 is 5.54 Å². The average molecular weight is 310 g/mol. The SMILES string of the molecule is CC1(C)NC(=O)N(CCCC(=O)NC2CCC(N)CC2)C1=O. The highest BCUT2D eigenvalue weighted by Gasteiger charge is 2.43. The topological polar surface area (TPSA) is 105 Å². The van der Waals surface area contributed by atoms with Crippen molar-refractivity contribution in [3.05, 3.63) is 0 Å². The molecule has 0 radical (unpaired) electrons. The molecule has 22 heavy (non-hydrogen) atoms. The molecule has 7 nitrogen and oxygen atoms in total. The molecule has 1 saturated heterocycles. The Kier molecular flexibility index (Phi) is 5.05. The summed E-state index contributed by atoms with van der Waals surface area (Å²) in [4.78, 5) is 36.8. The first-order chi connectivity index (χ1) is 10.3. The Labute approximate surface area is 131 Å². The Morgan fingerprint density at radius 1 is 1.32 bits per heavy atom. The van der Waals surface area contributed by atoms with Gasteiger partial charge in [0.15, 0.2) is 0 Å². The third kappa shape index (κ3) is 3.97. The number of nitrogens with zero attached hydrogens (tertiary/aromatic N) is 1. The summed E-state index contributed by atoms with van der Waals surface area (Å²) in [5.41, 5.74) is 4.99. The van der Waals surface area contributed by atoms with Crippen LogP contribution in [-0.2, 0) is 9.59 Å². The number of hydrogen-bond donors (Lipinski definition) is 3. The van der Waals surface area contributed by atoms with Gasteiger partial charge >= 0.3 is 6.03 Å². The van der Waals surface area contributed by atoms with Gasteiger partial charge in [-0.15, -0.1) is 0 Å². The van der Waals surface area contributed by atoms with Crippen molar-refractivity contribution in [3.8, 4) is 0 Å². The Morgan fingerprint density at radius 2 is 1.95 bits per heavy atom. The van der Waals surface area contributed by atoms with Crippen LogP contribution in [0, 0.1) is 0 Å². The zero-order valence-corrected chi connectivity index (χ0v) is 13.4. The van der Waals surface area contributed by atoms with Crippen molar-refractivity contribution in [1.29, 1.82) is 0 Å². The van der Waals surface area contributed by atoms with Crippen LogP contribution in [0.2, 0.25) is 0 Å². The van der Waals surface area contributed by atoms with Crippen molar-refractivity contribution in [2.24, 2.45) is 5.73 Å². The van der Waals surface area contributed by atoms with Crippen LogP contribution in [0.1, 0.15) is 52.4 Å². The normalized spacial score (nSPS) is 27.7. The smallest absolute Gasteiger partial charge is 0.325 e. The van der Waals surface area contributed by atoms with Gasteiger partial charge in [0, 0.05) is 25.0 Å². The minimum Gasteiger partial charge on any atom is -0.353 e. The van der Waals surface area contributed by atoms with Crippen molar-refractivity contribution >= 4 is 17.8 Å². The summed E-state index contributed by atoms with van der Waals surface area (Å²) in [6.07, 6.45) is 4.54. The van der Waals surface area contributed by atoms with E-state index in [1.54, 1.807) is 13.8 Å². The van der Waals surface area contributed by atoms with Crippen LogP contribution < -0.4 is 16.4 Å². The van der Waals surface area contributed by atoms with E-state index in [4.69, 9.17) is 5.73 Å². The van der Waals surface area contributed by atoms with E-state index >= 15 is 0 Å². The largest absolute Gasteiger partial charge is 0.353 e. The summed E-state index contributed by atoms with van der Waals surface area (Å²) >= 11 is 0. The molecule has 0 spiro atoms. The predicted molar refractivity (Wildman–Crippen MR) is 81.9 cm³/mol. The fraction of sp³-hybridized carbons (Fsp3) is 0.800. The van der Waals surface area contributed by atoms with Crippen LogP contribution in [0.5, 0.6) is 0 Å². The minimum atomic E-state index is -0.847. The number of rotatable bonds is 5. The summed E-state index contributed by atoms with van der Waals surface area (Å²) in [7, 11) is 0. The molecule has 0 aromatic rings. The number of hydrogen-bond acceptors (Lipinski definition) is 4. The lowest BCUT2D eigenvalue weighted by molar-refractivity contribution is -0.130. The summed E-state index contributed by atoms with van der Waals surface area (Å²) in [6, 6.07) is 0.0934. The first-order valence-corrected chi connectivity index (χ1v) is 7.98. The Morgan fingerprint density at radius 3 is 2.50 bits per heavy atom. The molecule has 124 valence electrons. The maximum Gasteiger partial charge on any atom is 0.325 e. The second-order valence-electron chi connectivity index (χ2n) is 6.79. The molecule has 7 heteroatoms. The number of urea groups is 1. The molecule has 0 unspecified atom stereocenters. The molecule has 1 heterocycles. The van der Waals surface area contributed by atoms with Gasteiger partial charge in [0.05, 0.1) is 0 Å². The van der Waals surface area contributed by atoms with Gasteiger partial charge in [0.25, 0.3) is 5.91 Å².